The summed E-state index contributed by atoms with van der Waals surface area (Å²) in [5.74, 6) is 0.597. The van der Waals surface area contributed by atoms with Crippen molar-refractivity contribution >= 4 is 5.82 Å². The van der Waals surface area contributed by atoms with Crippen LogP contribution in [0.5, 0.6) is 0 Å². The highest BCUT2D eigenvalue weighted by molar-refractivity contribution is 5.40. The molecule has 0 aliphatic heterocycles. The van der Waals surface area contributed by atoms with Crippen LogP contribution in [0.2, 0.25) is 0 Å². The Morgan fingerprint density at radius 1 is 1.53 bits per heavy atom. The second kappa shape index (κ2) is 4.28. The van der Waals surface area contributed by atoms with Crippen molar-refractivity contribution in [2.75, 3.05) is 5.32 Å². The van der Waals surface area contributed by atoms with E-state index in [1.54, 1.807) is 25.1 Å². The number of hydrogen-bond acceptors (Lipinski definition) is 4. The Kier molecular flexibility index (Phi) is 3.28. The molecule has 1 unspecified atom stereocenters. The van der Waals surface area contributed by atoms with Gasteiger partial charge in [-0.1, -0.05) is 6.07 Å². The molecule has 0 aliphatic rings. The Labute approximate surface area is 89.6 Å². The molecular formula is C11H15N3O. The fourth-order valence-electron chi connectivity index (χ4n) is 1.00. The molecule has 0 spiro atoms. The van der Waals surface area contributed by atoms with Gasteiger partial charge in [-0.25, -0.2) is 4.98 Å². The molecule has 15 heavy (non-hydrogen) atoms. The van der Waals surface area contributed by atoms with Crippen molar-refractivity contribution < 1.29 is 5.11 Å². The van der Waals surface area contributed by atoms with E-state index in [0.717, 1.165) is 0 Å². The molecule has 1 aromatic rings. The fraction of sp³-hybridized carbons (Fsp3) is 0.455. The minimum Gasteiger partial charge on any atom is -0.391 e. The van der Waals surface area contributed by atoms with Crippen molar-refractivity contribution in [2.45, 2.75) is 32.4 Å². The Balaban J connectivity index is 2.86. The van der Waals surface area contributed by atoms with Gasteiger partial charge >= 0.3 is 0 Å². The van der Waals surface area contributed by atoms with Gasteiger partial charge < -0.3 is 10.4 Å². The van der Waals surface area contributed by atoms with Gasteiger partial charge in [0.25, 0.3) is 0 Å². The lowest BCUT2D eigenvalue weighted by atomic mass is 9.99. The third kappa shape index (κ3) is 2.93. The molecule has 1 heterocycles. The summed E-state index contributed by atoms with van der Waals surface area (Å²) in [5.41, 5.74) is -0.109. The molecule has 0 fully saturated rings. The molecule has 80 valence electrons. The highest BCUT2D eigenvalue weighted by Gasteiger charge is 2.23. The van der Waals surface area contributed by atoms with Gasteiger partial charge in [-0.05, 0) is 32.9 Å². The van der Waals surface area contributed by atoms with Crippen LogP contribution in [0.15, 0.2) is 18.2 Å². The molecule has 1 rings (SSSR count). The number of pyridine rings is 1. The van der Waals surface area contributed by atoms with E-state index in [1.807, 2.05) is 19.9 Å². The van der Waals surface area contributed by atoms with Crippen molar-refractivity contribution in [3.05, 3.63) is 23.9 Å². The lowest BCUT2D eigenvalue weighted by Gasteiger charge is -2.29. The van der Waals surface area contributed by atoms with E-state index in [1.165, 1.54) is 0 Å². The van der Waals surface area contributed by atoms with Crippen LogP contribution < -0.4 is 5.32 Å². The number of rotatable bonds is 3. The second-order valence-corrected chi connectivity index (χ2v) is 4.04. The molecule has 2 N–H and O–H groups in total. The molecule has 4 nitrogen and oxygen atoms in total. The van der Waals surface area contributed by atoms with E-state index in [-0.39, 0.29) is 0 Å². The predicted molar refractivity (Wildman–Crippen MR) is 58.3 cm³/mol. The van der Waals surface area contributed by atoms with Crippen molar-refractivity contribution in [2.24, 2.45) is 0 Å². The maximum atomic E-state index is 9.51. The normalized spacial score (nSPS) is 13.0. The molecule has 0 bridgehead atoms. The fourth-order valence-corrected chi connectivity index (χ4v) is 1.00. The summed E-state index contributed by atoms with van der Waals surface area (Å²) in [6.45, 7) is 5.46. The van der Waals surface area contributed by atoms with E-state index >= 15 is 0 Å². The number of hydrogen-bond donors (Lipinski definition) is 2. The lowest BCUT2D eigenvalue weighted by Crippen LogP contribution is -2.42. The zero-order chi connectivity index (χ0) is 11.5. The monoisotopic (exact) mass is 205 g/mol. The molecule has 1 atom stereocenters. The minimum absolute atomic E-state index is 0.362. The first-order valence-corrected chi connectivity index (χ1v) is 4.79. The quantitative estimate of drug-likeness (QED) is 0.785. The van der Waals surface area contributed by atoms with Gasteiger partial charge in [-0.2, -0.15) is 5.26 Å². The van der Waals surface area contributed by atoms with Gasteiger partial charge in [-0.3, -0.25) is 0 Å². The Morgan fingerprint density at radius 2 is 2.20 bits per heavy atom. The number of aromatic nitrogens is 1. The minimum atomic E-state index is -0.509. The van der Waals surface area contributed by atoms with Crippen LogP contribution in [0.25, 0.3) is 0 Å². The smallest absolute Gasteiger partial charge is 0.142 e. The molecule has 0 radical (unpaired) electrons. The Bertz CT molecular complexity index is 380. The summed E-state index contributed by atoms with van der Waals surface area (Å²) in [7, 11) is 0. The number of nitrogens with one attached hydrogen (secondary N) is 1. The average molecular weight is 205 g/mol. The number of aliphatic hydroxyl groups is 1. The highest BCUT2D eigenvalue weighted by Crippen LogP contribution is 2.16. The summed E-state index contributed by atoms with van der Waals surface area (Å²) < 4.78 is 0. The van der Waals surface area contributed by atoms with Crippen LogP contribution >= 0.6 is 0 Å². The van der Waals surface area contributed by atoms with Gasteiger partial charge in [0.2, 0.25) is 0 Å². The van der Waals surface area contributed by atoms with Crippen LogP contribution in [0, 0.1) is 11.3 Å². The zero-order valence-corrected chi connectivity index (χ0v) is 9.15. The number of nitriles is 1. The predicted octanol–water partition coefficient (Wildman–Crippen LogP) is 1.52. The van der Waals surface area contributed by atoms with Gasteiger partial charge in [0, 0.05) is 0 Å². The summed E-state index contributed by atoms with van der Waals surface area (Å²) in [5, 5.41) is 21.3. The van der Waals surface area contributed by atoms with E-state index in [0.29, 0.717) is 11.5 Å². The van der Waals surface area contributed by atoms with E-state index in [2.05, 4.69) is 10.3 Å². The summed E-state index contributed by atoms with van der Waals surface area (Å²) in [4.78, 5) is 4.08. The van der Waals surface area contributed by atoms with E-state index in [4.69, 9.17) is 5.26 Å². The molecule has 1 aromatic heterocycles. The molecule has 4 heteroatoms. The first kappa shape index (κ1) is 11.5. The summed E-state index contributed by atoms with van der Waals surface area (Å²) in [6, 6.07) is 7.13. The molecule has 0 aromatic carbocycles. The third-order valence-electron chi connectivity index (χ3n) is 2.36. The SMILES string of the molecule is CC(O)C(C)(C)Nc1cccc(C#N)n1. The van der Waals surface area contributed by atoms with Crippen LogP contribution in [0.4, 0.5) is 5.82 Å². The van der Waals surface area contributed by atoms with Crippen molar-refractivity contribution in [3.8, 4) is 6.07 Å². The van der Waals surface area contributed by atoms with Gasteiger partial charge in [0.1, 0.15) is 17.6 Å². The molecule has 0 saturated carbocycles. The summed E-state index contributed by atoms with van der Waals surface area (Å²) >= 11 is 0. The number of anilines is 1. The third-order valence-corrected chi connectivity index (χ3v) is 2.36. The maximum Gasteiger partial charge on any atom is 0.142 e. The van der Waals surface area contributed by atoms with Crippen LogP contribution in [-0.4, -0.2) is 21.7 Å². The Morgan fingerprint density at radius 3 is 2.73 bits per heavy atom. The summed E-state index contributed by atoms with van der Waals surface area (Å²) in [6.07, 6.45) is -0.509. The first-order valence-electron chi connectivity index (χ1n) is 4.79. The van der Waals surface area contributed by atoms with Crippen molar-refractivity contribution in [1.29, 1.82) is 5.26 Å². The Hall–Kier alpha value is -1.60. The van der Waals surface area contributed by atoms with Crippen LogP contribution in [0.3, 0.4) is 0 Å². The maximum absolute atomic E-state index is 9.51. The molecule has 0 amide bonds. The number of aliphatic hydroxyl groups excluding tert-OH is 1. The second-order valence-electron chi connectivity index (χ2n) is 4.04. The van der Waals surface area contributed by atoms with Crippen molar-refractivity contribution in [1.82, 2.24) is 4.98 Å². The lowest BCUT2D eigenvalue weighted by molar-refractivity contribution is 0.133. The van der Waals surface area contributed by atoms with Crippen LogP contribution in [0.1, 0.15) is 26.5 Å². The average Bonchev–Trinajstić information content (AvgIpc) is 2.17. The molecule has 0 aliphatic carbocycles. The highest BCUT2D eigenvalue weighted by atomic mass is 16.3. The standard InChI is InChI=1S/C11H15N3O/c1-8(15)11(2,3)14-10-6-4-5-9(7-12)13-10/h4-6,8,15H,1-3H3,(H,13,14). The van der Waals surface area contributed by atoms with E-state index < -0.39 is 11.6 Å². The van der Waals surface area contributed by atoms with Gasteiger partial charge in [-0.15, -0.1) is 0 Å². The largest absolute Gasteiger partial charge is 0.391 e. The zero-order valence-electron chi connectivity index (χ0n) is 9.15. The first-order chi connectivity index (χ1) is 6.95. The molecular weight excluding hydrogens is 190 g/mol. The van der Waals surface area contributed by atoms with Gasteiger partial charge in [0.05, 0.1) is 11.6 Å². The van der Waals surface area contributed by atoms with Gasteiger partial charge in [0.15, 0.2) is 0 Å². The topological polar surface area (TPSA) is 68.9 Å². The van der Waals surface area contributed by atoms with E-state index in [9.17, 15) is 5.11 Å². The number of nitrogens with zero attached hydrogens (tertiary/aromatic N) is 2. The van der Waals surface area contributed by atoms with Crippen LogP contribution in [-0.2, 0) is 0 Å². The molecule has 0 saturated heterocycles. The van der Waals surface area contributed by atoms with Crippen molar-refractivity contribution in [3.63, 3.8) is 0 Å².